The molecule has 0 N–H and O–H groups in total. The fraction of sp³-hybridized carbons (Fsp3) is 0.571. The third-order valence-electron chi connectivity index (χ3n) is 8.40. The van der Waals surface area contributed by atoms with Crippen molar-refractivity contribution in [3.8, 4) is 17.2 Å². The number of carbonyl (C=O) groups excluding carboxylic acids is 1. The molecule has 0 spiro atoms. The van der Waals surface area contributed by atoms with Gasteiger partial charge >= 0.3 is 11.6 Å². The van der Waals surface area contributed by atoms with Gasteiger partial charge in [-0.2, -0.15) is 0 Å². The van der Waals surface area contributed by atoms with Gasteiger partial charge in [0.25, 0.3) is 0 Å². The number of ether oxygens (including phenoxy) is 4. The van der Waals surface area contributed by atoms with Crippen LogP contribution in [0.25, 0.3) is 11.0 Å². The lowest BCUT2D eigenvalue weighted by Crippen LogP contribution is -2.55. The number of carbonyl (C=O) groups is 1. The average molecular weight is 485 g/mol. The summed E-state index contributed by atoms with van der Waals surface area (Å²) in [4.78, 5) is 23.6. The number of esters is 1. The van der Waals surface area contributed by atoms with Gasteiger partial charge in [-0.3, -0.25) is 4.79 Å². The van der Waals surface area contributed by atoms with Crippen molar-refractivity contribution in [3.05, 3.63) is 40.3 Å². The molecule has 190 valence electrons. The van der Waals surface area contributed by atoms with Crippen LogP contribution in [-0.4, -0.2) is 32.9 Å². The molecule has 4 rings (SSSR count). The van der Waals surface area contributed by atoms with Gasteiger partial charge in [-0.1, -0.05) is 32.4 Å². The van der Waals surface area contributed by atoms with Crippen LogP contribution in [0.2, 0.25) is 0 Å². The van der Waals surface area contributed by atoms with Crippen LogP contribution in [0.4, 0.5) is 0 Å². The minimum Gasteiger partial charge on any atom is -0.493 e. The second kappa shape index (κ2) is 9.25. The maximum Gasteiger partial charge on any atom is 0.336 e. The van der Waals surface area contributed by atoms with E-state index < -0.39 is 5.63 Å². The zero-order valence-corrected chi connectivity index (χ0v) is 21.7. The molecule has 0 amide bonds. The van der Waals surface area contributed by atoms with E-state index in [-0.39, 0.29) is 28.8 Å². The van der Waals surface area contributed by atoms with Crippen molar-refractivity contribution in [2.24, 2.45) is 22.7 Å². The maximum absolute atomic E-state index is 11.9. The first kappa shape index (κ1) is 25.1. The van der Waals surface area contributed by atoms with Gasteiger partial charge in [-0.25, -0.2) is 4.79 Å². The lowest BCUT2D eigenvalue weighted by Gasteiger charge is -2.58. The van der Waals surface area contributed by atoms with Crippen molar-refractivity contribution in [3.63, 3.8) is 0 Å². The van der Waals surface area contributed by atoms with Crippen LogP contribution in [0.15, 0.2) is 39.1 Å². The predicted octanol–water partition coefficient (Wildman–Crippen LogP) is 5.53. The summed E-state index contributed by atoms with van der Waals surface area (Å²) in [6.45, 7) is 10.8. The lowest BCUT2D eigenvalue weighted by molar-refractivity contribution is -0.172. The predicted molar refractivity (Wildman–Crippen MR) is 133 cm³/mol. The number of benzene rings is 1. The first-order chi connectivity index (χ1) is 16.5. The molecule has 1 aromatic heterocycles. The van der Waals surface area contributed by atoms with Crippen molar-refractivity contribution in [2.75, 3.05) is 20.8 Å². The molecule has 0 radical (unpaired) electrons. The Labute approximate surface area is 206 Å². The molecule has 2 aliphatic rings. The molecule has 7 nitrogen and oxygen atoms in total. The number of methoxy groups -OCH3 is 2. The number of fused-ring (bicyclic) bond motifs is 2. The van der Waals surface area contributed by atoms with E-state index >= 15 is 0 Å². The van der Waals surface area contributed by atoms with E-state index in [0.717, 1.165) is 19.3 Å². The molecule has 0 saturated heterocycles. The fourth-order valence-corrected chi connectivity index (χ4v) is 6.53. The highest BCUT2D eigenvalue weighted by atomic mass is 16.5. The Kier molecular flexibility index (Phi) is 6.64. The lowest BCUT2D eigenvalue weighted by atomic mass is 9.48. The minimum absolute atomic E-state index is 0.0388. The van der Waals surface area contributed by atoms with Gasteiger partial charge in [0.15, 0.2) is 11.3 Å². The van der Waals surface area contributed by atoms with E-state index in [1.54, 1.807) is 19.2 Å². The van der Waals surface area contributed by atoms with Crippen molar-refractivity contribution >= 4 is 16.9 Å². The molecule has 7 heteroatoms. The fourth-order valence-electron chi connectivity index (χ4n) is 6.53. The van der Waals surface area contributed by atoms with Gasteiger partial charge in [0.1, 0.15) is 6.10 Å². The van der Waals surface area contributed by atoms with E-state index in [2.05, 4.69) is 33.8 Å². The van der Waals surface area contributed by atoms with E-state index in [1.165, 1.54) is 25.7 Å². The molecule has 1 heterocycles. The molecule has 35 heavy (non-hydrogen) atoms. The van der Waals surface area contributed by atoms with E-state index in [4.69, 9.17) is 23.4 Å². The second-order valence-electron chi connectivity index (χ2n) is 10.7. The van der Waals surface area contributed by atoms with E-state index in [0.29, 0.717) is 40.7 Å². The van der Waals surface area contributed by atoms with Crippen LogP contribution in [-0.2, 0) is 9.53 Å². The Balaban J connectivity index is 1.68. The van der Waals surface area contributed by atoms with Gasteiger partial charge in [0.05, 0.1) is 20.8 Å². The minimum atomic E-state index is -0.458. The van der Waals surface area contributed by atoms with E-state index in [9.17, 15) is 9.59 Å². The van der Waals surface area contributed by atoms with Crippen LogP contribution in [0.5, 0.6) is 17.2 Å². The van der Waals surface area contributed by atoms with Crippen LogP contribution in [0, 0.1) is 22.7 Å². The molecule has 2 aromatic rings. The molecule has 2 aliphatic carbocycles. The third-order valence-corrected chi connectivity index (χ3v) is 8.40. The molecule has 1 fully saturated rings. The summed E-state index contributed by atoms with van der Waals surface area (Å²) in [5.41, 5.74) is 0.952. The summed E-state index contributed by atoms with van der Waals surface area (Å²) in [5.74, 6) is 1.52. The summed E-state index contributed by atoms with van der Waals surface area (Å²) < 4.78 is 28.9. The Morgan fingerprint density at radius 3 is 2.54 bits per heavy atom. The van der Waals surface area contributed by atoms with Crippen LogP contribution < -0.4 is 19.8 Å². The monoisotopic (exact) mass is 484 g/mol. The van der Waals surface area contributed by atoms with E-state index in [1.807, 2.05) is 0 Å². The van der Waals surface area contributed by atoms with Gasteiger partial charge in [-0.15, -0.1) is 0 Å². The summed E-state index contributed by atoms with van der Waals surface area (Å²) >= 11 is 0. The molecule has 4 atom stereocenters. The number of allylic oxidation sites excluding steroid dienone is 1. The molecule has 0 aliphatic heterocycles. The molecule has 0 bridgehead atoms. The Morgan fingerprint density at radius 2 is 1.89 bits per heavy atom. The second-order valence-corrected chi connectivity index (χ2v) is 10.7. The van der Waals surface area contributed by atoms with Crippen LogP contribution in [0.3, 0.4) is 0 Å². The van der Waals surface area contributed by atoms with Crippen molar-refractivity contribution in [2.45, 2.75) is 60.0 Å². The van der Waals surface area contributed by atoms with Gasteiger partial charge in [-0.05, 0) is 49.7 Å². The molecular formula is C28H36O7. The molecule has 1 aromatic carbocycles. The van der Waals surface area contributed by atoms with Crippen LogP contribution >= 0.6 is 0 Å². The highest BCUT2D eigenvalue weighted by Crippen LogP contribution is 2.60. The van der Waals surface area contributed by atoms with Crippen molar-refractivity contribution in [1.82, 2.24) is 0 Å². The number of rotatable bonds is 6. The Hall–Kier alpha value is -2.96. The topological polar surface area (TPSA) is 84.2 Å². The molecular weight excluding hydrogens is 448 g/mol. The van der Waals surface area contributed by atoms with Crippen molar-refractivity contribution < 1.29 is 28.2 Å². The zero-order chi connectivity index (χ0) is 25.5. The first-order valence-corrected chi connectivity index (χ1v) is 12.2. The first-order valence-electron chi connectivity index (χ1n) is 12.2. The van der Waals surface area contributed by atoms with Gasteiger partial charge < -0.3 is 23.4 Å². The molecule has 1 unspecified atom stereocenters. The number of hydrogen-bond donors (Lipinski definition) is 0. The SMILES string of the molecule is COc1cc2ccc(=O)oc2c(OC)c1OC[C@H]1C(C)=CC[C@H]2C(C)(C)C(OC(C)=O)CC[C@@]12C. The summed E-state index contributed by atoms with van der Waals surface area (Å²) in [7, 11) is 3.10. The summed E-state index contributed by atoms with van der Waals surface area (Å²) in [5, 5.41) is 0.692. The standard InChI is InChI=1S/C28H36O7/c1-16-8-10-21-27(3,4)22(34-17(2)29)12-13-28(21,5)19(16)15-33-25-20(31-6)14-18-9-11-23(30)35-24(18)26(25)32-7/h8-9,11,14,19,21-22H,10,12-13,15H2,1-7H3/t19-,21-,22?,28-/m0/s1. The van der Waals surface area contributed by atoms with Gasteiger partial charge in [0.2, 0.25) is 11.5 Å². The molecule has 1 saturated carbocycles. The van der Waals surface area contributed by atoms with Crippen molar-refractivity contribution in [1.29, 1.82) is 0 Å². The average Bonchev–Trinajstić information content (AvgIpc) is 2.79. The maximum atomic E-state index is 11.9. The third kappa shape index (κ3) is 4.30. The summed E-state index contributed by atoms with van der Waals surface area (Å²) in [6.07, 6.45) is 4.88. The normalized spacial score (nSPS) is 27.5. The van der Waals surface area contributed by atoms with Gasteiger partial charge in [0, 0.05) is 29.7 Å². The zero-order valence-electron chi connectivity index (χ0n) is 21.7. The Morgan fingerprint density at radius 1 is 1.14 bits per heavy atom. The Bertz CT molecular complexity index is 1210. The summed E-state index contributed by atoms with van der Waals surface area (Å²) in [6, 6.07) is 4.84. The smallest absolute Gasteiger partial charge is 0.336 e. The number of hydrogen-bond acceptors (Lipinski definition) is 7. The quantitative estimate of drug-likeness (QED) is 0.303. The van der Waals surface area contributed by atoms with Crippen LogP contribution in [0.1, 0.15) is 53.9 Å². The highest BCUT2D eigenvalue weighted by molar-refractivity contribution is 5.88. The largest absolute Gasteiger partial charge is 0.493 e. The highest BCUT2D eigenvalue weighted by Gasteiger charge is 2.56.